The molecular formula is C7H14BO12P3S2. The van der Waals surface area contributed by atoms with E-state index in [1.54, 1.807) is 7.85 Å². The van der Waals surface area contributed by atoms with Crippen molar-refractivity contribution in [1.82, 2.24) is 0 Å². The molecule has 4 N–H and O–H groups in total. The first-order chi connectivity index (χ1) is 11.3. The first-order valence-electron chi connectivity index (χ1n) is 6.52. The van der Waals surface area contributed by atoms with E-state index in [-0.39, 0.29) is 5.24 Å². The molecule has 0 amide bonds. The molecule has 2 aliphatic heterocycles. The first kappa shape index (κ1) is 21.8. The van der Waals surface area contributed by atoms with Gasteiger partial charge in [0.25, 0.3) is 0 Å². The number of aliphatic hydroxyl groups is 1. The molecule has 2 aliphatic rings. The largest absolute Gasteiger partial charge is 0.476 e. The fourth-order valence-electron chi connectivity index (χ4n) is 2.18. The summed E-state index contributed by atoms with van der Waals surface area (Å²) in [6.45, 7) is -5.08. The highest BCUT2D eigenvalue weighted by molar-refractivity contribution is 8.09. The summed E-state index contributed by atoms with van der Waals surface area (Å²) in [6.07, 6.45) is -3.15. The van der Waals surface area contributed by atoms with Crippen LogP contribution in [0.15, 0.2) is 0 Å². The summed E-state index contributed by atoms with van der Waals surface area (Å²) in [5.41, 5.74) is 0. The summed E-state index contributed by atoms with van der Waals surface area (Å²) in [5.74, 6) is 0. The number of hydrogen-bond donors (Lipinski definition) is 4. The molecule has 6 atom stereocenters. The van der Waals surface area contributed by atoms with Crippen LogP contribution >= 0.6 is 34.4 Å². The zero-order valence-electron chi connectivity index (χ0n) is 12.4. The van der Waals surface area contributed by atoms with E-state index in [1.165, 1.54) is 0 Å². The maximum Gasteiger partial charge on any atom is 0.476 e. The summed E-state index contributed by atoms with van der Waals surface area (Å²) in [5, 5.41) is 9.11. The zero-order valence-corrected chi connectivity index (χ0v) is 16.8. The Morgan fingerprint density at radius 1 is 1.16 bits per heavy atom. The maximum absolute atomic E-state index is 12.3. The van der Waals surface area contributed by atoms with Crippen LogP contribution in [-0.2, 0) is 48.3 Å². The van der Waals surface area contributed by atoms with E-state index in [0.29, 0.717) is 0 Å². The molecule has 2 rings (SSSR count). The standard InChI is InChI=1S/C7H14BO12P3S2/c8-6-5-4(17-7(24)18-5)3(16-6)1-15-21(10,2-9)19-23(14,25)20-22(11,12)13/h3-6,9H,1-2,8H2,(H,14,25)(H2,11,12,13). The van der Waals surface area contributed by atoms with Crippen LogP contribution in [0.25, 0.3) is 0 Å². The molecule has 0 bridgehead atoms. The summed E-state index contributed by atoms with van der Waals surface area (Å²) in [4.78, 5) is 26.8. The molecule has 6 unspecified atom stereocenters. The monoisotopic (exact) mass is 458 g/mol. The summed E-state index contributed by atoms with van der Waals surface area (Å²) < 4.78 is 52.3. The van der Waals surface area contributed by atoms with Crippen LogP contribution in [0.1, 0.15) is 0 Å². The van der Waals surface area contributed by atoms with Crippen LogP contribution in [0.5, 0.6) is 0 Å². The molecule has 0 radical (unpaired) electrons. The second-order valence-electron chi connectivity index (χ2n) is 4.97. The van der Waals surface area contributed by atoms with Gasteiger partial charge in [0.05, 0.1) is 12.6 Å². The van der Waals surface area contributed by atoms with Crippen molar-refractivity contribution in [2.24, 2.45) is 0 Å². The average Bonchev–Trinajstić information content (AvgIpc) is 2.93. The Hall–Kier alpha value is 0.545. The molecule has 0 aliphatic carbocycles. The van der Waals surface area contributed by atoms with Crippen molar-refractivity contribution < 1.29 is 56.3 Å². The van der Waals surface area contributed by atoms with Crippen molar-refractivity contribution in [2.45, 2.75) is 24.3 Å². The maximum atomic E-state index is 12.3. The molecular weight excluding hydrogens is 444 g/mol. The molecule has 2 heterocycles. The van der Waals surface area contributed by atoms with Crippen molar-refractivity contribution in [3.05, 3.63) is 0 Å². The smallest absolute Gasteiger partial charge is 0.448 e. The molecule has 144 valence electrons. The minimum absolute atomic E-state index is 0.0716. The summed E-state index contributed by atoms with van der Waals surface area (Å²) in [7, 11) is -7.98. The van der Waals surface area contributed by atoms with Crippen LogP contribution in [0, 0.1) is 0 Å². The molecule has 0 aromatic carbocycles. The number of thiocarbonyl (C=S) groups is 1. The van der Waals surface area contributed by atoms with E-state index in [2.05, 4.69) is 20.4 Å². The van der Waals surface area contributed by atoms with Gasteiger partial charge in [-0.2, -0.15) is 0 Å². The lowest BCUT2D eigenvalue weighted by atomic mass is 9.93. The minimum Gasteiger partial charge on any atom is -0.448 e. The highest BCUT2D eigenvalue weighted by atomic mass is 32.5. The number of phosphoric acid groups is 1. The van der Waals surface area contributed by atoms with Crippen molar-refractivity contribution >= 4 is 59.2 Å². The van der Waals surface area contributed by atoms with Crippen molar-refractivity contribution in [3.63, 3.8) is 0 Å². The molecule has 0 spiro atoms. The fraction of sp³-hybridized carbons (Fsp3) is 0.857. The van der Waals surface area contributed by atoms with E-state index in [4.69, 9.17) is 40.7 Å². The Bertz CT molecular complexity index is 669. The lowest BCUT2D eigenvalue weighted by molar-refractivity contribution is -0.000248. The fourth-order valence-corrected chi connectivity index (χ4v) is 7.67. The average molecular weight is 458 g/mol. The molecule has 2 saturated heterocycles. The van der Waals surface area contributed by atoms with Crippen LogP contribution in [0.4, 0.5) is 0 Å². The highest BCUT2D eigenvalue weighted by Gasteiger charge is 2.51. The molecule has 25 heavy (non-hydrogen) atoms. The van der Waals surface area contributed by atoms with Crippen molar-refractivity contribution in [2.75, 3.05) is 13.0 Å². The Balaban J connectivity index is 1.99. The van der Waals surface area contributed by atoms with Crippen LogP contribution in [-0.4, -0.2) is 70.1 Å². The summed E-state index contributed by atoms with van der Waals surface area (Å²) in [6, 6.07) is -0.408. The van der Waals surface area contributed by atoms with Gasteiger partial charge in [-0.05, 0) is 11.8 Å². The third kappa shape index (κ3) is 6.01. The Kier molecular flexibility index (Phi) is 6.89. The van der Waals surface area contributed by atoms with E-state index < -0.39 is 59.4 Å². The van der Waals surface area contributed by atoms with Crippen molar-refractivity contribution in [1.29, 1.82) is 0 Å². The molecule has 18 heteroatoms. The third-order valence-corrected chi connectivity index (χ3v) is 8.83. The molecule has 2 fully saturated rings. The lowest BCUT2D eigenvalue weighted by Gasteiger charge is -2.23. The van der Waals surface area contributed by atoms with Gasteiger partial charge in [-0.1, -0.05) is 0 Å². The predicted octanol–water partition coefficient (Wildman–Crippen LogP) is -1.08. The van der Waals surface area contributed by atoms with Crippen LogP contribution in [0.3, 0.4) is 0 Å². The van der Waals surface area contributed by atoms with E-state index in [0.717, 1.165) is 0 Å². The van der Waals surface area contributed by atoms with Gasteiger partial charge in [-0.15, -0.1) is 0 Å². The Labute approximate surface area is 153 Å². The lowest BCUT2D eigenvalue weighted by Crippen LogP contribution is -2.32. The second-order valence-corrected chi connectivity index (χ2v) is 11.7. The molecule has 12 nitrogen and oxygen atoms in total. The van der Waals surface area contributed by atoms with E-state index >= 15 is 0 Å². The normalized spacial score (nSPS) is 33.8. The third-order valence-electron chi connectivity index (χ3n) is 3.05. The molecule has 0 aromatic rings. The first-order valence-corrected chi connectivity index (χ1v) is 12.8. The van der Waals surface area contributed by atoms with E-state index in [9.17, 15) is 19.1 Å². The number of hydrogen-bond acceptors (Lipinski definition) is 11. The van der Waals surface area contributed by atoms with Gasteiger partial charge in [-0.3, -0.25) is 4.57 Å². The van der Waals surface area contributed by atoms with Crippen molar-refractivity contribution in [3.8, 4) is 0 Å². The van der Waals surface area contributed by atoms with Gasteiger partial charge in [0.15, 0.2) is 12.2 Å². The minimum atomic E-state index is -5.22. The van der Waals surface area contributed by atoms with Crippen LogP contribution < -0.4 is 0 Å². The number of ether oxygens (including phenoxy) is 3. The quantitative estimate of drug-likeness (QED) is 0.197. The molecule has 0 saturated carbocycles. The summed E-state index contributed by atoms with van der Waals surface area (Å²) >= 11 is 9.13. The van der Waals surface area contributed by atoms with Gasteiger partial charge in [0.2, 0.25) is 0 Å². The molecule has 0 aromatic heterocycles. The zero-order chi connectivity index (χ0) is 19.0. The Morgan fingerprint density at radius 3 is 2.32 bits per heavy atom. The van der Waals surface area contributed by atoms with Gasteiger partial charge >= 0.3 is 27.4 Å². The van der Waals surface area contributed by atoms with Gasteiger partial charge in [-0.25, -0.2) is 13.2 Å². The second kappa shape index (κ2) is 7.88. The number of aliphatic hydroxyl groups excluding tert-OH is 1. The van der Waals surface area contributed by atoms with E-state index in [1.807, 2.05) is 0 Å². The van der Waals surface area contributed by atoms with Crippen LogP contribution in [0.2, 0.25) is 0 Å². The predicted molar refractivity (Wildman–Crippen MR) is 90.9 cm³/mol. The van der Waals surface area contributed by atoms with Gasteiger partial charge in [0, 0.05) is 12.2 Å². The highest BCUT2D eigenvalue weighted by Crippen LogP contribution is 2.67. The number of rotatable bonds is 8. The number of fused-ring (bicyclic) bond motifs is 1. The van der Waals surface area contributed by atoms with Gasteiger partial charge < -0.3 is 38.5 Å². The van der Waals surface area contributed by atoms with Gasteiger partial charge in [0.1, 0.15) is 20.3 Å². The topological polar surface area (TPSA) is 170 Å². The Morgan fingerprint density at radius 2 is 1.76 bits per heavy atom. The SMILES string of the molecule is BC1OC(COP(=O)(CO)OP(O)(=S)OP(=O)(O)O)C2OC(=S)OC12.